The van der Waals surface area contributed by atoms with Gasteiger partial charge in [0.25, 0.3) is 0 Å². The number of nitrogens with zero attached hydrogens (tertiary/aromatic N) is 2. The van der Waals surface area contributed by atoms with E-state index in [-0.39, 0.29) is 0 Å². The van der Waals surface area contributed by atoms with Gasteiger partial charge < -0.3 is 0 Å². The predicted octanol–water partition coefficient (Wildman–Crippen LogP) is 1.60. The maximum Gasteiger partial charge on any atom is -0.00192 e. The number of rotatable bonds is 3. The molecule has 0 atom stereocenters. The summed E-state index contributed by atoms with van der Waals surface area (Å²) in [5.41, 5.74) is 11.2. The zero-order valence-corrected chi connectivity index (χ0v) is 8.70. The fraction of sp³-hybridized carbons (Fsp3) is 0.600. The van der Waals surface area contributed by atoms with Crippen LogP contribution in [-0.4, -0.2) is 4.68 Å². The van der Waals surface area contributed by atoms with Crippen LogP contribution >= 0.6 is 0 Å². The Hall–Kier alpha value is -1.12. The molecule has 0 unspecified atom stereocenters. The van der Waals surface area contributed by atoms with Crippen LogP contribution in [0.3, 0.4) is 0 Å². The molecule has 0 bridgehead atoms. The van der Waals surface area contributed by atoms with Gasteiger partial charge in [-0.3, -0.25) is 0 Å². The average Bonchev–Trinajstić information content (AvgIpc) is 2.46. The second-order valence-corrected chi connectivity index (χ2v) is 3.93. The van der Waals surface area contributed by atoms with Crippen molar-refractivity contribution in [1.29, 1.82) is 0 Å². The Balaban J connectivity index is 3.18. The molecule has 72 valence electrons. The van der Waals surface area contributed by atoms with Crippen molar-refractivity contribution in [2.24, 2.45) is 0 Å². The van der Waals surface area contributed by atoms with Gasteiger partial charge in [-0.15, -0.1) is 0 Å². The summed E-state index contributed by atoms with van der Waals surface area (Å²) < 4.78 is 1.75. The molecular weight excluding hydrogens is 162 g/mol. The minimum absolute atomic E-state index is 0.409. The van der Waals surface area contributed by atoms with E-state index in [1.807, 2.05) is 12.1 Å². The Morgan fingerprint density at radius 3 is 1.69 bits per heavy atom. The van der Waals surface area contributed by atoms with Crippen LogP contribution < -0.4 is 5.22 Å². The van der Waals surface area contributed by atoms with Crippen molar-refractivity contribution in [3.05, 3.63) is 29.1 Å². The van der Waals surface area contributed by atoms with Crippen LogP contribution in [0.4, 0.5) is 0 Å². The number of nitrogens with one attached hydrogen (secondary N) is 1. The van der Waals surface area contributed by atoms with Crippen molar-refractivity contribution in [1.82, 2.24) is 4.68 Å². The quantitative estimate of drug-likeness (QED) is 0.685. The van der Waals surface area contributed by atoms with Crippen LogP contribution in [0.2, 0.25) is 0 Å². The molecule has 0 fully saturated rings. The first-order chi connectivity index (χ1) is 6.07. The normalized spacial score (nSPS) is 11.2. The lowest BCUT2D eigenvalue weighted by molar-refractivity contribution is -0.549. The van der Waals surface area contributed by atoms with Gasteiger partial charge >= 0.3 is 0 Å². The Morgan fingerprint density at radius 2 is 1.46 bits per heavy atom. The third-order valence-corrected chi connectivity index (χ3v) is 2.22. The van der Waals surface area contributed by atoms with Gasteiger partial charge in [0.1, 0.15) is 0 Å². The fourth-order valence-electron chi connectivity index (χ4n) is 1.49. The Bertz CT molecular complexity index is 272. The second kappa shape index (κ2) is 3.73. The SMILES string of the molecule is CC(C)c1ccc(C(C)C)n1[NH+]=[N-]. The van der Waals surface area contributed by atoms with E-state index in [2.05, 4.69) is 32.9 Å². The minimum atomic E-state index is 0.409. The number of aromatic nitrogens is 1. The highest BCUT2D eigenvalue weighted by atomic mass is 15.4. The lowest BCUT2D eigenvalue weighted by Gasteiger charge is -2.13. The van der Waals surface area contributed by atoms with Gasteiger partial charge in [0, 0.05) is 0 Å². The summed E-state index contributed by atoms with van der Waals surface area (Å²) in [6, 6.07) is 4.09. The highest BCUT2D eigenvalue weighted by Crippen LogP contribution is 2.20. The Labute approximate surface area is 79.2 Å². The molecule has 3 nitrogen and oxygen atoms in total. The molecule has 0 aliphatic carbocycles. The molecule has 0 radical (unpaired) electrons. The van der Waals surface area contributed by atoms with Gasteiger partial charge in [0.05, 0.1) is 0 Å². The van der Waals surface area contributed by atoms with Gasteiger partial charge in [-0.05, 0) is 23.2 Å². The summed E-state index contributed by atoms with van der Waals surface area (Å²) in [6.07, 6.45) is 0. The van der Waals surface area contributed by atoms with E-state index >= 15 is 0 Å². The van der Waals surface area contributed by atoms with Gasteiger partial charge in [0.15, 0.2) is 0 Å². The smallest absolute Gasteiger partial charge is 0.00192 e. The molecule has 0 amide bonds. The van der Waals surface area contributed by atoms with Gasteiger partial charge in [-0.1, -0.05) is 39.8 Å². The summed E-state index contributed by atoms with van der Waals surface area (Å²) in [5.74, 6) is 0.819. The average molecular weight is 179 g/mol. The van der Waals surface area contributed by atoms with Crippen LogP contribution in [0, 0.1) is 0 Å². The zero-order valence-electron chi connectivity index (χ0n) is 8.70. The molecule has 0 aromatic carbocycles. The first-order valence-corrected chi connectivity index (χ1v) is 4.69. The van der Waals surface area contributed by atoms with E-state index in [1.54, 1.807) is 4.68 Å². The molecule has 1 aromatic rings. The highest BCUT2D eigenvalue weighted by molar-refractivity contribution is 5.19. The highest BCUT2D eigenvalue weighted by Gasteiger charge is 2.09. The molecule has 0 saturated carbocycles. The minimum Gasteiger partial charge on any atom is -0.234 e. The van der Waals surface area contributed by atoms with Crippen molar-refractivity contribution in [2.45, 2.75) is 39.5 Å². The molecule has 1 rings (SSSR count). The summed E-state index contributed by atoms with van der Waals surface area (Å²) in [4.78, 5) is 0. The van der Waals surface area contributed by atoms with Crippen molar-refractivity contribution < 1.29 is 5.22 Å². The molecule has 13 heavy (non-hydrogen) atoms. The largest absolute Gasteiger partial charge is 0.234 e. The van der Waals surface area contributed by atoms with Crippen LogP contribution in [-0.2, 0) is 0 Å². The van der Waals surface area contributed by atoms with Gasteiger partial charge in [-0.2, -0.15) is 10.8 Å². The van der Waals surface area contributed by atoms with Crippen molar-refractivity contribution >= 4 is 0 Å². The first kappa shape index (κ1) is 9.96. The molecule has 1 aromatic heterocycles. The standard InChI is InChI=1S/C10H17N3/c1-7(2)9-5-6-10(8(3)4)13(9)12-11/h5-8,12H,1-4H3. The van der Waals surface area contributed by atoms with Crippen LogP contribution in [0.1, 0.15) is 50.9 Å². The van der Waals surface area contributed by atoms with Crippen molar-refractivity contribution in [3.63, 3.8) is 0 Å². The first-order valence-electron chi connectivity index (χ1n) is 4.69. The molecule has 0 saturated heterocycles. The Kier molecular flexibility index (Phi) is 2.86. The molecule has 1 N–H and O–H groups in total. The van der Waals surface area contributed by atoms with Crippen LogP contribution in [0.5, 0.6) is 0 Å². The van der Waals surface area contributed by atoms with E-state index in [0.29, 0.717) is 11.8 Å². The topological polar surface area (TPSA) is 41.2 Å². The van der Waals surface area contributed by atoms with Gasteiger partial charge in [-0.25, -0.2) is 4.68 Å². The van der Waals surface area contributed by atoms with Crippen LogP contribution in [0.15, 0.2) is 12.1 Å². The molecule has 1 heterocycles. The molecule has 0 aliphatic heterocycles. The van der Waals surface area contributed by atoms with Crippen molar-refractivity contribution in [2.75, 3.05) is 0 Å². The molecular formula is C10H17N3. The van der Waals surface area contributed by atoms with Gasteiger partial charge in [0.2, 0.25) is 0 Å². The van der Waals surface area contributed by atoms with Crippen LogP contribution in [0.25, 0.3) is 5.53 Å². The predicted molar refractivity (Wildman–Crippen MR) is 52.3 cm³/mol. The Morgan fingerprint density at radius 1 is 1.08 bits per heavy atom. The van der Waals surface area contributed by atoms with E-state index < -0.39 is 0 Å². The zero-order chi connectivity index (χ0) is 10.0. The third-order valence-electron chi connectivity index (χ3n) is 2.22. The monoisotopic (exact) mass is 179 g/mol. The third kappa shape index (κ3) is 1.79. The summed E-state index contributed by atoms with van der Waals surface area (Å²) in [6.45, 7) is 8.42. The van der Waals surface area contributed by atoms with E-state index in [0.717, 1.165) is 11.4 Å². The van der Waals surface area contributed by atoms with E-state index in [9.17, 15) is 0 Å². The molecule has 3 heteroatoms. The molecule has 0 aliphatic rings. The fourth-order valence-corrected chi connectivity index (χ4v) is 1.49. The van der Waals surface area contributed by atoms with Crippen molar-refractivity contribution in [3.8, 4) is 0 Å². The van der Waals surface area contributed by atoms with E-state index in [1.165, 1.54) is 0 Å². The molecule has 0 spiro atoms. The maximum absolute atomic E-state index is 9.00. The summed E-state index contributed by atoms with van der Waals surface area (Å²) in [5, 5.41) is 2.22. The summed E-state index contributed by atoms with van der Waals surface area (Å²) in [7, 11) is 0. The second-order valence-electron chi connectivity index (χ2n) is 3.93. The number of hydrogen-bond acceptors (Lipinski definition) is 0. The maximum atomic E-state index is 9.00. The lowest BCUT2D eigenvalue weighted by Crippen LogP contribution is -2.69. The number of hydrogen-bond donors (Lipinski definition) is 1. The van der Waals surface area contributed by atoms with E-state index in [4.69, 9.17) is 5.53 Å². The summed E-state index contributed by atoms with van der Waals surface area (Å²) >= 11 is 0. The lowest BCUT2D eigenvalue weighted by atomic mass is 10.1.